The van der Waals surface area contributed by atoms with Gasteiger partial charge in [0.15, 0.2) is 11.5 Å². The minimum atomic E-state index is 0.299. The number of hydrogen-bond acceptors (Lipinski definition) is 6. The highest BCUT2D eigenvalue weighted by atomic mass is 16.5. The van der Waals surface area contributed by atoms with Gasteiger partial charge in [-0.25, -0.2) is 4.98 Å². The van der Waals surface area contributed by atoms with Gasteiger partial charge in [-0.15, -0.1) is 0 Å². The first-order chi connectivity index (χ1) is 9.28. The third kappa shape index (κ3) is 2.92. The van der Waals surface area contributed by atoms with E-state index < -0.39 is 0 Å². The molecule has 2 N–H and O–H groups in total. The van der Waals surface area contributed by atoms with E-state index in [-0.39, 0.29) is 0 Å². The molecule has 0 spiro atoms. The number of benzene rings is 1. The van der Waals surface area contributed by atoms with Gasteiger partial charge in [0.05, 0.1) is 26.1 Å². The zero-order valence-electron chi connectivity index (χ0n) is 10.8. The molecule has 0 radical (unpaired) electrons. The second-order valence-corrected chi connectivity index (χ2v) is 3.65. The molecule has 0 aliphatic heterocycles. The van der Waals surface area contributed by atoms with E-state index in [1.807, 2.05) is 6.07 Å². The van der Waals surface area contributed by atoms with Gasteiger partial charge in [0, 0.05) is 12.7 Å². The summed E-state index contributed by atoms with van der Waals surface area (Å²) in [5.41, 5.74) is 6.16. The number of nitrogens with two attached hydrogens (primary N) is 1. The quantitative estimate of drug-likeness (QED) is 0.883. The maximum atomic E-state index is 5.69. The van der Waals surface area contributed by atoms with Crippen LogP contribution in [-0.4, -0.2) is 24.2 Å². The van der Waals surface area contributed by atoms with Crippen LogP contribution < -0.4 is 19.9 Å². The van der Waals surface area contributed by atoms with Crippen LogP contribution in [-0.2, 0) is 6.54 Å². The van der Waals surface area contributed by atoms with Crippen LogP contribution >= 0.6 is 0 Å². The van der Waals surface area contributed by atoms with Crippen molar-refractivity contribution in [1.29, 1.82) is 0 Å². The summed E-state index contributed by atoms with van der Waals surface area (Å²) in [5.74, 6) is 1.90. The van der Waals surface area contributed by atoms with Gasteiger partial charge in [-0.1, -0.05) is 6.07 Å². The number of methoxy groups -OCH3 is 2. The molecular formula is C13H15N3O3. The molecule has 19 heavy (non-hydrogen) atoms. The van der Waals surface area contributed by atoms with Crippen LogP contribution in [0, 0.1) is 0 Å². The molecule has 0 aliphatic rings. The summed E-state index contributed by atoms with van der Waals surface area (Å²) in [6.45, 7) is 0.299. The second kappa shape index (κ2) is 6.01. The minimum absolute atomic E-state index is 0.299. The third-order valence-electron chi connectivity index (χ3n) is 2.46. The predicted molar refractivity (Wildman–Crippen MR) is 69.5 cm³/mol. The van der Waals surface area contributed by atoms with Crippen molar-refractivity contribution in [2.45, 2.75) is 6.54 Å². The fourth-order valence-corrected chi connectivity index (χ4v) is 1.56. The van der Waals surface area contributed by atoms with Crippen molar-refractivity contribution in [3.63, 3.8) is 0 Å². The Morgan fingerprint density at radius 1 is 1.11 bits per heavy atom. The summed E-state index contributed by atoms with van der Waals surface area (Å²) in [4.78, 5) is 8.23. The van der Waals surface area contributed by atoms with Crippen molar-refractivity contribution in [3.05, 3.63) is 36.3 Å². The number of hydrogen-bond donors (Lipinski definition) is 1. The molecule has 2 rings (SSSR count). The standard InChI is InChI=1S/C13H15N3O3/c1-17-10-4-3-5-11(18-2)13(10)19-12-8-15-7-9(6-14)16-12/h3-5,7-8H,6,14H2,1-2H3. The molecule has 0 unspecified atom stereocenters. The molecule has 0 saturated heterocycles. The van der Waals surface area contributed by atoms with Crippen LogP contribution in [0.2, 0.25) is 0 Å². The SMILES string of the molecule is COc1cccc(OC)c1Oc1cncc(CN)n1. The molecule has 0 aliphatic carbocycles. The van der Waals surface area contributed by atoms with Crippen molar-refractivity contribution < 1.29 is 14.2 Å². The molecule has 6 nitrogen and oxygen atoms in total. The summed E-state index contributed by atoms with van der Waals surface area (Å²) in [6, 6.07) is 5.36. The first-order valence-corrected chi connectivity index (χ1v) is 5.68. The lowest BCUT2D eigenvalue weighted by Gasteiger charge is -2.13. The lowest BCUT2D eigenvalue weighted by Crippen LogP contribution is -2.02. The number of aromatic nitrogens is 2. The van der Waals surface area contributed by atoms with Gasteiger partial charge in [0.25, 0.3) is 0 Å². The molecule has 2 aromatic rings. The summed E-state index contributed by atoms with van der Waals surface area (Å²) in [7, 11) is 3.12. The molecule has 1 heterocycles. The van der Waals surface area contributed by atoms with Crippen LogP contribution in [0.1, 0.15) is 5.69 Å². The molecule has 0 amide bonds. The Balaban J connectivity index is 2.36. The summed E-state index contributed by atoms with van der Waals surface area (Å²) in [5, 5.41) is 0. The van der Waals surface area contributed by atoms with E-state index in [4.69, 9.17) is 19.9 Å². The van der Waals surface area contributed by atoms with E-state index in [9.17, 15) is 0 Å². The van der Waals surface area contributed by atoms with Gasteiger partial charge in [-0.05, 0) is 12.1 Å². The summed E-state index contributed by atoms with van der Waals surface area (Å²) < 4.78 is 16.2. The maximum Gasteiger partial charge on any atom is 0.238 e. The van der Waals surface area contributed by atoms with Crippen LogP contribution in [0.3, 0.4) is 0 Å². The number of nitrogens with zero attached hydrogens (tertiary/aromatic N) is 2. The lowest BCUT2D eigenvalue weighted by atomic mass is 10.3. The Morgan fingerprint density at radius 2 is 1.79 bits per heavy atom. The average Bonchev–Trinajstić information content (AvgIpc) is 2.47. The fraction of sp³-hybridized carbons (Fsp3) is 0.231. The number of ether oxygens (including phenoxy) is 3. The van der Waals surface area contributed by atoms with Gasteiger partial charge in [0.2, 0.25) is 11.6 Å². The Kier molecular flexibility index (Phi) is 4.15. The normalized spacial score (nSPS) is 10.1. The number of para-hydroxylation sites is 1. The Labute approximate surface area is 111 Å². The Morgan fingerprint density at radius 3 is 2.37 bits per heavy atom. The van der Waals surface area contributed by atoms with Gasteiger partial charge < -0.3 is 19.9 Å². The summed E-state index contributed by atoms with van der Waals surface area (Å²) >= 11 is 0. The minimum Gasteiger partial charge on any atom is -0.493 e. The molecule has 0 bridgehead atoms. The lowest BCUT2D eigenvalue weighted by molar-refractivity contribution is 0.341. The second-order valence-electron chi connectivity index (χ2n) is 3.65. The highest BCUT2D eigenvalue weighted by molar-refractivity contribution is 5.52. The van der Waals surface area contributed by atoms with Crippen molar-refractivity contribution >= 4 is 0 Å². The van der Waals surface area contributed by atoms with Gasteiger partial charge in [0.1, 0.15) is 0 Å². The average molecular weight is 261 g/mol. The largest absolute Gasteiger partial charge is 0.493 e. The molecule has 0 fully saturated rings. The molecule has 1 aromatic carbocycles. The maximum absolute atomic E-state index is 5.69. The highest BCUT2D eigenvalue weighted by Gasteiger charge is 2.13. The van der Waals surface area contributed by atoms with E-state index in [2.05, 4.69) is 9.97 Å². The van der Waals surface area contributed by atoms with Crippen molar-refractivity contribution in [1.82, 2.24) is 9.97 Å². The Hall–Kier alpha value is -2.34. The Bertz CT molecular complexity index is 538. The van der Waals surface area contributed by atoms with Crippen molar-refractivity contribution in [3.8, 4) is 23.1 Å². The summed E-state index contributed by atoms with van der Waals surface area (Å²) in [6.07, 6.45) is 3.09. The first kappa shape index (κ1) is 13.1. The fourth-order valence-electron chi connectivity index (χ4n) is 1.56. The molecule has 0 atom stereocenters. The zero-order valence-corrected chi connectivity index (χ0v) is 10.8. The van der Waals surface area contributed by atoms with Crippen LogP contribution in [0.4, 0.5) is 0 Å². The molecular weight excluding hydrogens is 246 g/mol. The molecule has 1 aromatic heterocycles. The van der Waals surface area contributed by atoms with E-state index >= 15 is 0 Å². The van der Waals surface area contributed by atoms with Gasteiger partial charge >= 0.3 is 0 Å². The van der Waals surface area contributed by atoms with Gasteiger partial charge in [-0.2, -0.15) is 0 Å². The van der Waals surface area contributed by atoms with Crippen LogP contribution in [0.5, 0.6) is 23.1 Å². The zero-order chi connectivity index (χ0) is 13.7. The van der Waals surface area contributed by atoms with E-state index in [1.165, 1.54) is 6.20 Å². The van der Waals surface area contributed by atoms with E-state index in [0.717, 1.165) is 0 Å². The van der Waals surface area contributed by atoms with E-state index in [1.54, 1.807) is 32.5 Å². The van der Waals surface area contributed by atoms with Crippen LogP contribution in [0.25, 0.3) is 0 Å². The van der Waals surface area contributed by atoms with Gasteiger partial charge in [-0.3, -0.25) is 4.98 Å². The van der Waals surface area contributed by atoms with E-state index in [0.29, 0.717) is 35.4 Å². The topological polar surface area (TPSA) is 79.5 Å². The highest BCUT2D eigenvalue weighted by Crippen LogP contribution is 2.39. The first-order valence-electron chi connectivity index (χ1n) is 5.68. The molecule has 100 valence electrons. The van der Waals surface area contributed by atoms with Crippen molar-refractivity contribution in [2.75, 3.05) is 14.2 Å². The third-order valence-corrected chi connectivity index (χ3v) is 2.46. The smallest absolute Gasteiger partial charge is 0.238 e. The number of rotatable bonds is 5. The monoisotopic (exact) mass is 261 g/mol. The van der Waals surface area contributed by atoms with Crippen molar-refractivity contribution in [2.24, 2.45) is 5.73 Å². The molecule has 0 saturated carbocycles. The van der Waals surface area contributed by atoms with Crippen LogP contribution in [0.15, 0.2) is 30.6 Å². The predicted octanol–water partition coefficient (Wildman–Crippen LogP) is 1.74. The molecule has 6 heteroatoms.